The SMILES string of the molecule is C=CCCCCOC(=O)[C@@H]1[C@H]2C(=O)N([C@@H](CO)[C@@H](C)CC)C(C(=O)N(CC=C)c3c(C)cccc3Cl)C23CC[C@@]1(C)S3. The van der Waals surface area contributed by atoms with E-state index in [9.17, 15) is 19.5 Å². The number of anilines is 1. The number of rotatable bonds is 14. The number of hydrogen-bond acceptors (Lipinski definition) is 6. The maximum absolute atomic E-state index is 14.9. The summed E-state index contributed by atoms with van der Waals surface area (Å²) < 4.78 is 4.43. The molecule has 1 N–H and O–H groups in total. The van der Waals surface area contributed by atoms with E-state index in [2.05, 4.69) is 13.2 Å². The average molecular weight is 617 g/mol. The number of aliphatic hydroxyl groups excluding tert-OH is 1. The van der Waals surface area contributed by atoms with Crippen LogP contribution in [0.15, 0.2) is 43.5 Å². The molecule has 3 fully saturated rings. The Kier molecular flexibility index (Phi) is 10.2. The molecule has 2 bridgehead atoms. The number of allylic oxidation sites excluding steroid dienone is 1. The summed E-state index contributed by atoms with van der Waals surface area (Å²) in [5.41, 5.74) is 1.41. The zero-order valence-electron chi connectivity index (χ0n) is 25.3. The molecular weight excluding hydrogens is 572 g/mol. The topological polar surface area (TPSA) is 87.1 Å². The van der Waals surface area contributed by atoms with Crippen molar-refractivity contribution in [3.05, 3.63) is 54.1 Å². The van der Waals surface area contributed by atoms with Crippen LogP contribution in [0.1, 0.15) is 64.9 Å². The van der Waals surface area contributed by atoms with Gasteiger partial charge in [0.25, 0.3) is 5.91 Å². The molecule has 2 amide bonds. The highest BCUT2D eigenvalue weighted by Crippen LogP contribution is 2.72. The summed E-state index contributed by atoms with van der Waals surface area (Å²) in [7, 11) is 0. The first kappa shape index (κ1) is 32.6. The fraction of sp³-hybridized carbons (Fsp3) is 0.606. The number of hydrogen-bond donors (Lipinski definition) is 1. The fourth-order valence-corrected chi connectivity index (χ4v) is 10.0. The number of carbonyl (C=O) groups excluding carboxylic acids is 3. The van der Waals surface area contributed by atoms with Gasteiger partial charge >= 0.3 is 5.97 Å². The van der Waals surface area contributed by atoms with E-state index in [0.29, 0.717) is 30.0 Å². The maximum Gasteiger partial charge on any atom is 0.311 e. The summed E-state index contributed by atoms with van der Waals surface area (Å²) in [6, 6.07) is 4.04. The van der Waals surface area contributed by atoms with Crippen molar-refractivity contribution in [3.63, 3.8) is 0 Å². The molecule has 0 aromatic heterocycles. The molecule has 4 rings (SSSR count). The normalized spacial score (nSPS) is 29.2. The highest BCUT2D eigenvalue weighted by Gasteiger charge is 2.78. The van der Waals surface area contributed by atoms with E-state index in [0.717, 1.165) is 24.8 Å². The van der Waals surface area contributed by atoms with Crippen molar-refractivity contribution < 1.29 is 24.2 Å². The van der Waals surface area contributed by atoms with Crippen LogP contribution in [0.5, 0.6) is 0 Å². The van der Waals surface area contributed by atoms with Gasteiger partial charge in [0.15, 0.2) is 0 Å². The largest absolute Gasteiger partial charge is 0.465 e. The molecule has 7 nitrogen and oxygen atoms in total. The minimum absolute atomic E-state index is 0.0626. The molecule has 0 saturated carbocycles. The van der Waals surface area contributed by atoms with Gasteiger partial charge in [0.1, 0.15) is 6.04 Å². The Balaban J connectivity index is 1.80. The Hall–Kier alpha value is -2.29. The van der Waals surface area contributed by atoms with Gasteiger partial charge in [0, 0.05) is 11.3 Å². The van der Waals surface area contributed by atoms with Crippen LogP contribution >= 0.6 is 23.4 Å². The number of esters is 1. The number of likely N-dealkylation sites (tertiary alicyclic amines) is 1. The first-order chi connectivity index (χ1) is 20.0. The van der Waals surface area contributed by atoms with Crippen molar-refractivity contribution in [1.29, 1.82) is 0 Å². The second-order valence-corrected chi connectivity index (χ2v) is 14.5. The molecule has 1 aromatic carbocycles. The van der Waals surface area contributed by atoms with E-state index >= 15 is 0 Å². The van der Waals surface area contributed by atoms with Gasteiger partial charge in [-0.25, -0.2) is 0 Å². The number of aliphatic hydroxyl groups is 1. The molecule has 2 unspecified atom stereocenters. The summed E-state index contributed by atoms with van der Waals surface area (Å²) in [6.45, 7) is 15.8. The Labute approximate surface area is 259 Å². The summed E-state index contributed by atoms with van der Waals surface area (Å²) in [5.74, 6) is -2.33. The first-order valence-electron chi connectivity index (χ1n) is 15.1. The fourth-order valence-electron chi connectivity index (χ4n) is 7.36. The number of amides is 2. The average Bonchev–Trinajstić information content (AvgIpc) is 3.53. The molecule has 0 radical (unpaired) electrons. The Morgan fingerprint density at radius 2 is 2.02 bits per heavy atom. The van der Waals surface area contributed by atoms with Crippen molar-refractivity contribution in [3.8, 4) is 0 Å². The zero-order valence-corrected chi connectivity index (χ0v) is 26.9. The molecule has 3 heterocycles. The summed E-state index contributed by atoms with van der Waals surface area (Å²) in [5, 5.41) is 11.1. The van der Waals surface area contributed by atoms with Gasteiger partial charge in [-0.3, -0.25) is 14.4 Å². The van der Waals surface area contributed by atoms with E-state index in [1.54, 1.807) is 33.7 Å². The monoisotopic (exact) mass is 616 g/mol. The first-order valence-corrected chi connectivity index (χ1v) is 16.3. The molecule has 3 saturated heterocycles. The second-order valence-electron chi connectivity index (χ2n) is 12.2. The molecule has 3 aliphatic rings. The van der Waals surface area contributed by atoms with Gasteiger partial charge in [-0.1, -0.05) is 56.2 Å². The summed E-state index contributed by atoms with van der Waals surface area (Å²) in [4.78, 5) is 46.5. The van der Waals surface area contributed by atoms with Gasteiger partial charge in [-0.15, -0.1) is 24.9 Å². The number of fused-ring (bicyclic) bond motifs is 1. The predicted octanol–water partition coefficient (Wildman–Crippen LogP) is 5.96. The highest BCUT2D eigenvalue weighted by atomic mass is 35.5. The third-order valence-corrected chi connectivity index (χ3v) is 11.9. The highest BCUT2D eigenvalue weighted by molar-refractivity contribution is 8.02. The Bertz CT molecular complexity index is 1200. The number of para-hydroxylation sites is 1. The lowest BCUT2D eigenvalue weighted by Gasteiger charge is -2.41. The number of thioether (sulfide) groups is 1. The second kappa shape index (κ2) is 13.1. The Morgan fingerprint density at radius 1 is 1.29 bits per heavy atom. The van der Waals surface area contributed by atoms with E-state index in [4.69, 9.17) is 16.3 Å². The van der Waals surface area contributed by atoms with Gasteiger partial charge in [-0.2, -0.15) is 0 Å². The molecule has 0 aliphatic carbocycles. The quantitative estimate of drug-likeness (QED) is 0.158. The molecule has 42 heavy (non-hydrogen) atoms. The van der Waals surface area contributed by atoms with E-state index in [1.165, 1.54) is 0 Å². The van der Waals surface area contributed by atoms with Crippen molar-refractivity contribution in [1.82, 2.24) is 4.90 Å². The lowest BCUT2D eigenvalue weighted by Crippen LogP contribution is -2.59. The van der Waals surface area contributed by atoms with Crippen LogP contribution in [0.2, 0.25) is 5.02 Å². The predicted molar refractivity (Wildman–Crippen MR) is 170 cm³/mol. The van der Waals surface area contributed by atoms with Crippen molar-refractivity contribution >= 4 is 46.8 Å². The summed E-state index contributed by atoms with van der Waals surface area (Å²) >= 11 is 8.27. The number of nitrogens with zero attached hydrogens (tertiary/aromatic N) is 2. The van der Waals surface area contributed by atoms with E-state index in [-0.39, 0.29) is 43.5 Å². The van der Waals surface area contributed by atoms with Crippen LogP contribution in [0.4, 0.5) is 5.69 Å². The number of ether oxygens (including phenoxy) is 1. The minimum atomic E-state index is -0.881. The van der Waals surface area contributed by atoms with Crippen LogP contribution in [0, 0.1) is 24.7 Å². The standard InChI is InChI=1S/C33H45ClN2O5S/c1-7-10-11-12-19-41-31(40)26-25-29(38)36(24(20-37)21(4)9-3)28(33(25)17-16-32(26,6)42-33)30(39)35(18-8-2)27-22(5)14-13-15-23(27)34/h7-8,13-15,21,24-26,28,37H,1-2,9-12,16-20H2,3-6H3/t21-,24-,25-,26-,28?,32+,33?/m0/s1. The van der Waals surface area contributed by atoms with Crippen LogP contribution in [0.25, 0.3) is 0 Å². The number of benzene rings is 1. The molecule has 230 valence electrons. The van der Waals surface area contributed by atoms with Crippen molar-refractivity contribution in [2.45, 2.75) is 87.8 Å². The molecule has 9 heteroatoms. The smallest absolute Gasteiger partial charge is 0.311 e. The lowest BCUT2D eigenvalue weighted by atomic mass is 9.66. The number of halogens is 1. The van der Waals surface area contributed by atoms with E-state index in [1.807, 2.05) is 45.9 Å². The van der Waals surface area contributed by atoms with E-state index < -0.39 is 33.4 Å². The molecule has 1 spiro atoms. The van der Waals surface area contributed by atoms with Crippen LogP contribution in [-0.2, 0) is 19.1 Å². The molecule has 7 atom stereocenters. The van der Waals surface area contributed by atoms with Crippen molar-refractivity contribution in [2.24, 2.45) is 17.8 Å². The lowest BCUT2D eigenvalue weighted by molar-refractivity contribution is -0.156. The van der Waals surface area contributed by atoms with Crippen LogP contribution in [0.3, 0.4) is 0 Å². The number of unbranched alkanes of at least 4 members (excludes halogenated alkanes) is 2. The molecular formula is C33H45ClN2O5S. The van der Waals surface area contributed by atoms with Gasteiger partial charge in [0.2, 0.25) is 5.91 Å². The molecule has 3 aliphatic heterocycles. The third-order valence-electron chi connectivity index (χ3n) is 9.63. The summed E-state index contributed by atoms with van der Waals surface area (Å²) in [6.07, 6.45) is 7.96. The van der Waals surface area contributed by atoms with Gasteiger partial charge < -0.3 is 19.6 Å². The van der Waals surface area contributed by atoms with Gasteiger partial charge in [-0.05, 0) is 63.5 Å². The van der Waals surface area contributed by atoms with Gasteiger partial charge in [0.05, 0.1) is 46.5 Å². The Morgan fingerprint density at radius 3 is 2.64 bits per heavy atom. The van der Waals surface area contributed by atoms with Crippen LogP contribution in [-0.4, -0.2) is 69.1 Å². The van der Waals surface area contributed by atoms with Crippen molar-refractivity contribution in [2.75, 3.05) is 24.7 Å². The zero-order chi connectivity index (χ0) is 30.8. The minimum Gasteiger partial charge on any atom is -0.465 e. The number of aryl methyl sites for hydroxylation is 1. The number of carbonyl (C=O) groups is 3. The third kappa shape index (κ3) is 5.43. The van der Waals surface area contributed by atoms with Crippen LogP contribution < -0.4 is 4.90 Å². The maximum atomic E-state index is 14.9. The molecule has 1 aromatic rings.